The van der Waals surface area contributed by atoms with Gasteiger partial charge in [0.2, 0.25) is 0 Å². The maximum absolute atomic E-state index is 12.9. The molecule has 0 fully saturated rings. The number of benzene rings is 3. The predicted octanol–water partition coefficient (Wildman–Crippen LogP) is 5.75. The molecule has 0 atom stereocenters. The molecular weight excluding hydrogens is 396 g/mol. The number of nitrogens with zero attached hydrogens (tertiary/aromatic N) is 1. The molecular formula is C24H20N2O3S. The normalized spacial score (nSPS) is 10.5. The van der Waals surface area contributed by atoms with Gasteiger partial charge in [0.25, 0.3) is 5.91 Å². The number of ether oxygens (including phenoxy) is 2. The fraction of sp³-hybridized carbons (Fsp3) is 0.0833. The van der Waals surface area contributed by atoms with Crippen LogP contribution in [0.25, 0.3) is 21.7 Å². The molecule has 0 spiro atoms. The molecule has 0 aliphatic carbocycles. The Bertz CT molecular complexity index is 1100. The first-order valence-electron chi connectivity index (χ1n) is 9.34. The van der Waals surface area contributed by atoms with Gasteiger partial charge in [0, 0.05) is 11.6 Å². The van der Waals surface area contributed by atoms with Gasteiger partial charge in [-0.1, -0.05) is 72.0 Å². The Balaban J connectivity index is 1.70. The molecule has 4 rings (SSSR count). The zero-order chi connectivity index (χ0) is 20.9. The second kappa shape index (κ2) is 8.80. The van der Waals surface area contributed by atoms with Crippen molar-refractivity contribution < 1.29 is 14.3 Å². The third-order valence-corrected chi connectivity index (χ3v) is 5.60. The van der Waals surface area contributed by atoms with Crippen LogP contribution in [0.3, 0.4) is 0 Å². The molecule has 1 aromatic heterocycles. The van der Waals surface area contributed by atoms with Crippen LogP contribution in [0.5, 0.6) is 11.5 Å². The van der Waals surface area contributed by atoms with Crippen LogP contribution in [0, 0.1) is 0 Å². The summed E-state index contributed by atoms with van der Waals surface area (Å²) < 4.78 is 10.6. The van der Waals surface area contributed by atoms with Crippen molar-refractivity contribution in [1.29, 1.82) is 0 Å². The van der Waals surface area contributed by atoms with Crippen LogP contribution in [-0.4, -0.2) is 25.1 Å². The lowest BCUT2D eigenvalue weighted by molar-refractivity contribution is 0.102. The van der Waals surface area contributed by atoms with Crippen LogP contribution >= 0.6 is 11.3 Å². The van der Waals surface area contributed by atoms with Crippen molar-refractivity contribution in [3.05, 3.63) is 84.4 Å². The second-order valence-electron chi connectivity index (χ2n) is 6.45. The number of carbonyl (C=O) groups excluding carboxylic acids is 1. The number of rotatable bonds is 6. The Hall–Kier alpha value is -3.64. The lowest BCUT2D eigenvalue weighted by Gasteiger charge is -2.09. The molecule has 0 aliphatic rings. The van der Waals surface area contributed by atoms with Gasteiger partial charge in [-0.15, -0.1) is 0 Å². The van der Waals surface area contributed by atoms with Crippen LogP contribution < -0.4 is 14.8 Å². The van der Waals surface area contributed by atoms with E-state index in [0.29, 0.717) is 22.2 Å². The van der Waals surface area contributed by atoms with E-state index in [9.17, 15) is 4.79 Å². The maximum atomic E-state index is 12.9. The Kier molecular flexibility index (Phi) is 5.77. The van der Waals surface area contributed by atoms with Crippen LogP contribution in [0.4, 0.5) is 5.13 Å². The third kappa shape index (κ3) is 4.04. The van der Waals surface area contributed by atoms with E-state index < -0.39 is 0 Å². The largest absolute Gasteiger partial charge is 0.497 e. The lowest BCUT2D eigenvalue weighted by atomic mass is 10.1. The van der Waals surface area contributed by atoms with Crippen molar-refractivity contribution in [1.82, 2.24) is 4.98 Å². The first-order chi connectivity index (χ1) is 14.7. The Labute approximate surface area is 178 Å². The van der Waals surface area contributed by atoms with Gasteiger partial charge < -0.3 is 9.47 Å². The van der Waals surface area contributed by atoms with Gasteiger partial charge in [0.15, 0.2) is 5.13 Å². The molecule has 0 saturated heterocycles. The predicted molar refractivity (Wildman–Crippen MR) is 120 cm³/mol. The minimum atomic E-state index is -0.289. The summed E-state index contributed by atoms with van der Waals surface area (Å²) in [4.78, 5) is 18.7. The summed E-state index contributed by atoms with van der Waals surface area (Å²) in [6.07, 6.45) is 0. The summed E-state index contributed by atoms with van der Waals surface area (Å²) in [6, 6.07) is 25.1. The van der Waals surface area contributed by atoms with Crippen molar-refractivity contribution in [2.75, 3.05) is 19.5 Å². The fourth-order valence-electron chi connectivity index (χ4n) is 3.10. The van der Waals surface area contributed by atoms with Crippen LogP contribution in [0.2, 0.25) is 0 Å². The van der Waals surface area contributed by atoms with Gasteiger partial charge in [0.1, 0.15) is 11.5 Å². The molecule has 4 aromatic rings. The van der Waals surface area contributed by atoms with Gasteiger partial charge in [-0.3, -0.25) is 10.1 Å². The highest BCUT2D eigenvalue weighted by Crippen LogP contribution is 2.39. The van der Waals surface area contributed by atoms with Crippen molar-refractivity contribution >= 4 is 22.4 Å². The number of methoxy groups -OCH3 is 2. The number of hydrogen-bond donors (Lipinski definition) is 1. The first kappa shape index (κ1) is 19.7. The van der Waals surface area contributed by atoms with E-state index in [4.69, 9.17) is 14.5 Å². The van der Waals surface area contributed by atoms with Gasteiger partial charge in [0.05, 0.1) is 30.4 Å². The van der Waals surface area contributed by atoms with E-state index in [1.54, 1.807) is 25.3 Å². The highest BCUT2D eigenvalue weighted by Gasteiger charge is 2.19. The van der Waals surface area contributed by atoms with E-state index >= 15 is 0 Å². The number of hydrogen-bond acceptors (Lipinski definition) is 5. The third-order valence-electron chi connectivity index (χ3n) is 4.58. The number of amides is 1. The molecule has 5 nitrogen and oxygen atoms in total. The van der Waals surface area contributed by atoms with E-state index in [-0.39, 0.29) is 5.91 Å². The highest BCUT2D eigenvalue weighted by atomic mass is 32.1. The van der Waals surface area contributed by atoms with Gasteiger partial charge in [-0.05, 0) is 17.7 Å². The second-order valence-corrected chi connectivity index (χ2v) is 7.45. The van der Waals surface area contributed by atoms with Crippen molar-refractivity contribution in [2.45, 2.75) is 0 Å². The maximum Gasteiger partial charge on any atom is 0.261 e. The highest BCUT2D eigenvalue weighted by molar-refractivity contribution is 7.19. The summed E-state index contributed by atoms with van der Waals surface area (Å²) in [6.45, 7) is 0. The molecule has 0 bridgehead atoms. The van der Waals surface area contributed by atoms with Crippen LogP contribution in [0.15, 0.2) is 78.9 Å². The van der Waals surface area contributed by atoms with Crippen LogP contribution in [-0.2, 0) is 0 Å². The fourth-order valence-corrected chi connectivity index (χ4v) is 4.09. The molecule has 6 heteroatoms. The summed E-state index contributed by atoms with van der Waals surface area (Å²) in [5.74, 6) is 0.771. The molecule has 30 heavy (non-hydrogen) atoms. The summed E-state index contributed by atoms with van der Waals surface area (Å²) >= 11 is 1.44. The Morgan fingerprint density at radius 1 is 0.867 bits per heavy atom. The molecule has 0 aliphatic heterocycles. The van der Waals surface area contributed by atoms with Gasteiger partial charge in [-0.25, -0.2) is 4.98 Å². The quantitative estimate of drug-likeness (QED) is 0.435. The zero-order valence-electron chi connectivity index (χ0n) is 16.6. The smallest absolute Gasteiger partial charge is 0.261 e. The molecule has 150 valence electrons. The number of nitrogens with one attached hydrogen (secondary N) is 1. The number of aromatic nitrogens is 1. The molecule has 1 amide bonds. The van der Waals surface area contributed by atoms with Gasteiger partial charge >= 0.3 is 0 Å². The summed E-state index contributed by atoms with van der Waals surface area (Å²) in [5.41, 5.74) is 3.30. The Morgan fingerprint density at radius 2 is 1.53 bits per heavy atom. The van der Waals surface area contributed by atoms with E-state index in [1.807, 2.05) is 60.7 Å². The molecule has 0 radical (unpaired) electrons. The minimum Gasteiger partial charge on any atom is -0.497 e. The van der Waals surface area contributed by atoms with E-state index in [2.05, 4.69) is 5.32 Å². The van der Waals surface area contributed by atoms with Crippen molar-refractivity contribution in [3.63, 3.8) is 0 Å². The molecule has 1 heterocycles. The molecule has 1 N–H and O–H groups in total. The zero-order valence-corrected chi connectivity index (χ0v) is 17.4. The molecule has 3 aromatic carbocycles. The summed E-state index contributed by atoms with van der Waals surface area (Å²) in [7, 11) is 3.09. The van der Waals surface area contributed by atoms with E-state index in [0.717, 1.165) is 21.7 Å². The SMILES string of the molecule is COc1ccc(C(=O)Nc2nc(-c3ccccc3)c(-c3ccccc3)s2)c(OC)c1. The lowest BCUT2D eigenvalue weighted by Crippen LogP contribution is -2.13. The van der Waals surface area contributed by atoms with Crippen molar-refractivity contribution in [2.24, 2.45) is 0 Å². The van der Waals surface area contributed by atoms with Crippen molar-refractivity contribution in [3.8, 4) is 33.2 Å². The number of thiazole rings is 1. The number of anilines is 1. The van der Waals surface area contributed by atoms with Gasteiger partial charge in [-0.2, -0.15) is 0 Å². The average Bonchev–Trinajstić information content (AvgIpc) is 3.23. The number of carbonyl (C=O) groups is 1. The first-order valence-corrected chi connectivity index (χ1v) is 10.2. The standard InChI is InChI=1S/C24H20N2O3S/c1-28-18-13-14-19(20(15-18)29-2)23(27)26-24-25-21(16-9-5-3-6-10-16)22(30-24)17-11-7-4-8-12-17/h3-15H,1-2H3,(H,25,26,27). The minimum absolute atomic E-state index is 0.289. The van der Waals surface area contributed by atoms with Crippen LogP contribution in [0.1, 0.15) is 10.4 Å². The Morgan fingerprint density at radius 3 is 2.17 bits per heavy atom. The monoisotopic (exact) mass is 416 g/mol. The topological polar surface area (TPSA) is 60.5 Å². The van der Waals surface area contributed by atoms with E-state index in [1.165, 1.54) is 18.4 Å². The average molecular weight is 417 g/mol. The molecule has 0 saturated carbocycles. The summed E-state index contributed by atoms with van der Waals surface area (Å²) in [5, 5.41) is 3.44. The molecule has 0 unspecified atom stereocenters.